The number of hydrogen-bond donors (Lipinski definition) is 0. The number of rotatable bonds is 12. The van der Waals surface area contributed by atoms with Crippen LogP contribution in [-0.2, 0) is 19.3 Å². The Hall–Kier alpha value is -2.56. The molecule has 3 aromatic rings. The second-order valence-corrected chi connectivity index (χ2v) is 11.1. The Kier molecular flexibility index (Phi) is 10.1. The van der Waals surface area contributed by atoms with Gasteiger partial charge in [-0.25, -0.2) is 4.39 Å². The Morgan fingerprint density at radius 1 is 0.763 bits per heavy atom. The summed E-state index contributed by atoms with van der Waals surface area (Å²) in [6, 6.07) is 16.5. The van der Waals surface area contributed by atoms with Gasteiger partial charge in [-0.15, -0.1) is 0 Å². The molecule has 0 heterocycles. The van der Waals surface area contributed by atoms with Crippen molar-refractivity contribution in [2.75, 3.05) is 6.61 Å². The van der Waals surface area contributed by atoms with Crippen LogP contribution >= 0.6 is 0 Å². The van der Waals surface area contributed by atoms with Gasteiger partial charge >= 0.3 is 6.18 Å². The quantitative estimate of drug-likeness (QED) is 0.168. The van der Waals surface area contributed by atoms with Crippen LogP contribution in [0.3, 0.4) is 0 Å². The highest BCUT2D eigenvalue weighted by Gasteiger charge is 2.28. The fraction of sp³-hybridized carbons (Fsp3) is 0.515. The molecule has 0 atom stereocenters. The standard InChI is InChI=1S/C33H40F4O/c1-2-3-4-5-24-6-8-25(9-7-24)10-11-27-15-21-31-29(22-27)18-17-28(32(31)34)16-12-26-13-19-30(20-14-26)38-23-33(35,36)37/h13-15,17-22,24-25H,2-12,16,23H2,1H3. The summed E-state index contributed by atoms with van der Waals surface area (Å²) in [6.45, 7) is 0.961. The molecular weight excluding hydrogens is 488 g/mol. The molecule has 0 unspecified atom stereocenters. The largest absolute Gasteiger partial charge is 0.484 e. The normalized spacial score (nSPS) is 18.1. The molecule has 0 bridgehead atoms. The summed E-state index contributed by atoms with van der Waals surface area (Å²) in [4.78, 5) is 0. The smallest absolute Gasteiger partial charge is 0.422 e. The number of ether oxygens (including phenoxy) is 1. The molecule has 1 saturated carbocycles. The topological polar surface area (TPSA) is 9.23 Å². The first-order valence-corrected chi connectivity index (χ1v) is 14.3. The second kappa shape index (κ2) is 13.5. The molecule has 206 valence electrons. The number of unbranched alkanes of at least 4 members (excludes halogenated alkanes) is 2. The molecule has 0 N–H and O–H groups in total. The predicted molar refractivity (Wildman–Crippen MR) is 147 cm³/mol. The molecule has 0 aromatic heterocycles. The van der Waals surface area contributed by atoms with Gasteiger partial charge in [-0.2, -0.15) is 13.2 Å². The third-order valence-electron chi connectivity index (χ3n) is 8.13. The molecule has 1 aliphatic carbocycles. The summed E-state index contributed by atoms with van der Waals surface area (Å²) in [7, 11) is 0. The summed E-state index contributed by atoms with van der Waals surface area (Å²) in [5.74, 6) is 1.75. The zero-order valence-electron chi connectivity index (χ0n) is 22.5. The predicted octanol–water partition coefficient (Wildman–Crippen LogP) is 10.0. The van der Waals surface area contributed by atoms with Crippen LogP contribution < -0.4 is 4.74 Å². The molecule has 1 fully saturated rings. The molecule has 38 heavy (non-hydrogen) atoms. The van der Waals surface area contributed by atoms with Crippen LogP contribution in [0, 0.1) is 17.7 Å². The first kappa shape index (κ1) is 28.4. The molecule has 0 spiro atoms. The molecule has 4 rings (SSSR count). The van der Waals surface area contributed by atoms with E-state index in [1.54, 1.807) is 12.1 Å². The van der Waals surface area contributed by atoms with Crippen LogP contribution in [0.15, 0.2) is 54.6 Å². The lowest BCUT2D eigenvalue weighted by molar-refractivity contribution is -0.153. The van der Waals surface area contributed by atoms with Gasteiger partial charge in [0.1, 0.15) is 11.6 Å². The van der Waals surface area contributed by atoms with E-state index in [4.69, 9.17) is 4.74 Å². The highest BCUT2D eigenvalue weighted by atomic mass is 19.4. The summed E-state index contributed by atoms with van der Waals surface area (Å²) in [5, 5.41) is 1.59. The van der Waals surface area contributed by atoms with Crippen molar-refractivity contribution in [1.29, 1.82) is 0 Å². The van der Waals surface area contributed by atoms with E-state index < -0.39 is 12.8 Å². The molecule has 0 radical (unpaired) electrons. The summed E-state index contributed by atoms with van der Waals surface area (Å²) in [6.07, 6.45) is 9.96. The van der Waals surface area contributed by atoms with E-state index in [1.165, 1.54) is 75.5 Å². The fourth-order valence-corrected chi connectivity index (χ4v) is 5.79. The van der Waals surface area contributed by atoms with Crippen molar-refractivity contribution < 1.29 is 22.3 Å². The minimum absolute atomic E-state index is 0.175. The molecule has 1 aliphatic rings. The lowest BCUT2D eigenvalue weighted by atomic mass is 9.77. The van der Waals surface area contributed by atoms with Crippen LogP contribution in [0.25, 0.3) is 10.8 Å². The number of fused-ring (bicyclic) bond motifs is 1. The van der Waals surface area contributed by atoms with Crippen molar-refractivity contribution in [2.24, 2.45) is 11.8 Å². The SMILES string of the molecule is CCCCCC1CCC(CCc2ccc3c(F)c(CCc4ccc(OCC(F)(F)F)cc4)ccc3c2)CC1. The number of alkyl halides is 3. The molecule has 0 amide bonds. The van der Waals surface area contributed by atoms with Crippen molar-refractivity contribution in [3.05, 3.63) is 77.1 Å². The van der Waals surface area contributed by atoms with Crippen LogP contribution in [0.5, 0.6) is 5.75 Å². The minimum atomic E-state index is -4.36. The van der Waals surface area contributed by atoms with Gasteiger partial charge in [0.15, 0.2) is 6.61 Å². The third-order valence-corrected chi connectivity index (χ3v) is 8.13. The molecule has 3 aromatic carbocycles. The maximum Gasteiger partial charge on any atom is 0.422 e. The average molecular weight is 529 g/mol. The summed E-state index contributed by atoms with van der Waals surface area (Å²) >= 11 is 0. The van der Waals surface area contributed by atoms with Crippen LogP contribution in [0.1, 0.15) is 81.4 Å². The third kappa shape index (κ3) is 8.47. The van der Waals surface area contributed by atoms with Crippen LogP contribution in [0.2, 0.25) is 0 Å². The second-order valence-electron chi connectivity index (χ2n) is 11.1. The lowest BCUT2D eigenvalue weighted by Crippen LogP contribution is -2.19. The van der Waals surface area contributed by atoms with Crippen molar-refractivity contribution in [2.45, 2.75) is 90.1 Å². The van der Waals surface area contributed by atoms with Gasteiger partial charge in [-0.05, 0) is 71.7 Å². The fourth-order valence-electron chi connectivity index (χ4n) is 5.79. The van der Waals surface area contributed by atoms with Crippen molar-refractivity contribution in [3.63, 3.8) is 0 Å². The maximum atomic E-state index is 15.3. The maximum absolute atomic E-state index is 15.3. The molecule has 5 heteroatoms. The van der Waals surface area contributed by atoms with Gasteiger partial charge in [0, 0.05) is 5.39 Å². The lowest BCUT2D eigenvalue weighted by Gasteiger charge is -2.28. The summed E-state index contributed by atoms with van der Waals surface area (Å²) in [5.41, 5.74) is 2.86. The Morgan fingerprint density at radius 2 is 1.45 bits per heavy atom. The van der Waals surface area contributed by atoms with Gasteiger partial charge in [-0.3, -0.25) is 0 Å². The Morgan fingerprint density at radius 3 is 2.13 bits per heavy atom. The Bertz CT molecular complexity index is 1140. The van der Waals surface area contributed by atoms with E-state index in [2.05, 4.69) is 19.1 Å². The van der Waals surface area contributed by atoms with Crippen molar-refractivity contribution >= 4 is 10.8 Å². The zero-order chi connectivity index (χ0) is 27.0. The highest BCUT2D eigenvalue weighted by Crippen LogP contribution is 2.34. The number of benzene rings is 3. The van der Waals surface area contributed by atoms with Gasteiger partial charge in [0.25, 0.3) is 0 Å². The van der Waals surface area contributed by atoms with Crippen molar-refractivity contribution in [3.8, 4) is 5.75 Å². The van der Waals surface area contributed by atoms with E-state index in [-0.39, 0.29) is 11.6 Å². The van der Waals surface area contributed by atoms with Crippen molar-refractivity contribution in [1.82, 2.24) is 0 Å². The van der Waals surface area contributed by atoms with Gasteiger partial charge in [-0.1, -0.05) is 101 Å². The highest BCUT2D eigenvalue weighted by molar-refractivity contribution is 5.84. The van der Waals surface area contributed by atoms with E-state index in [1.807, 2.05) is 18.2 Å². The Balaban J connectivity index is 1.27. The first-order valence-electron chi connectivity index (χ1n) is 14.3. The van der Waals surface area contributed by atoms with Gasteiger partial charge in [0.2, 0.25) is 0 Å². The first-order chi connectivity index (χ1) is 18.3. The van der Waals surface area contributed by atoms with E-state index in [0.29, 0.717) is 23.8 Å². The summed E-state index contributed by atoms with van der Waals surface area (Å²) < 4.78 is 57.0. The molecule has 0 aliphatic heterocycles. The average Bonchev–Trinajstić information content (AvgIpc) is 2.91. The van der Waals surface area contributed by atoms with E-state index in [9.17, 15) is 13.2 Å². The molecular formula is C33H40F4O. The number of aryl methyl sites for hydroxylation is 3. The number of halogens is 4. The zero-order valence-corrected chi connectivity index (χ0v) is 22.5. The van der Waals surface area contributed by atoms with Gasteiger partial charge < -0.3 is 4.74 Å². The van der Waals surface area contributed by atoms with Crippen LogP contribution in [-0.4, -0.2) is 12.8 Å². The minimum Gasteiger partial charge on any atom is -0.484 e. The Labute approximate surface area is 224 Å². The van der Waals surface area contributed by atoms with E-state index >= 15 is 4.39 Å². The molecule has 1 nitrogen and oxygen atoms in total. The number of hydrogen-bond acceptors (Lipinski definition) is 1. The monoisotopic (exact) mass is 528 g/mol. The molecule has 0 saturated heterocycles. The van der Waals surface area contributed by atoms with Crippen LogP contribution in [0.4, 0.5) is 17.6 Å². The van der Waals surface area contributed by atoms with Gasteiger partial charge in [0.05, 0.1) is 0 Å². The van der Waals surface area contributed by atoms with E-state index in [0.717, 1.165) is 29.2 Å².